The maximum Gasteiger partial charge on any atom is 0.197 e. The zero-order valence-electron chi connectivity index (χ0n) is 9.46. The van der Waals surface area contributed by atoms with E-state index in [-0.39, 0.29) is 12.4 Å². The third kappa shape index (κ3) is 3.01. The van der Waals surface area contributed by atoms with Crippen LogP contribution >= 0.6 is 12.4 Å². The molecule has 0 aromatic heterocycles. The van der Waals surface area contributed by atoms with Crippen molar-refractivity contribution in [1.29, 1.82) is 10.8 Å². The van der Waals surface area contributed by atoms with Gasteiger partial charge in [0, 0.05) is 26.2 Å². The van der Waals surface area contributed by atoms with Gasteiger partial charge < -0.3 is 9.80 Å². The van der Waals surface area contributed by atoms with Crippen LogP contribution in [0, 0.1) is 10.8 Å². The first-order chi connectivity index (χ1) is 7.27. The molecular weight excluding hydrogens is 226 g/mol. The molecule has 0 atom stereocenters. The van der Waals surface area contributed by atoms with Crippen LogP contribution in [0.2, 0.25) is 0 Å². The average Bonchev–Trinajstić information content (AvgIpc) is 2.91. The van der Waals surface area contributed by atoms with Gasteiger partial charge in [-0.25, -0.2) is 0 Å². The van der Waals surface area contributed by atoms with E-state index < -0.39 is 0 Å². The molecule has 2 heterocycles. The number of guanidine groups is 2. The first-order valence-electron chi connectivity index (χ1n) is 5.71. The normalized spacial score (nSPS) is 19.5. The number of hydrogen-bond acceptors (Lipinski definition) is 2. The van der Waals surface area contributed by atoms with Crippen molar-refractivity contribution >= 4 is 24.3 Å². The highest BCUT2D eigenvalue weighted by molar-refractivity contribution is 5.95. The highest BCUT2D eigenvalue weighted by atomic mass is 35.5. The van der Waals surface area contributed by atoms with Crippen LogP contribution in [0.4, 0.5) is 0 Å². The minimum absolute atomic E-state index is 0. The molecule has 0 aromatic carbocycles. The Morgan fingerprint density at radius 1 is 0.750 bits per heavy atom. The maximum absolute atomic E-state index is 7.83. The highest BCUT2D eigenvalue weighted by Crippen LogP contribution is 2.08. The zero-order valence-corrected chi connectivity index (χ0v) is 10.3. The van der Waals surface area contributed by atoms with Crippen LogP contribution < -0.4 is 5.32 Å². The summed E-state index contributed by atoms with van der Waals surface area (Å²) in [6.45, 7) is 3.83. The SMILES string of the molecule is Cl.N=C(NC(=N)N1CCCC1)N1CCCC1. The summed E-state index contributed by atoms with van der Waals surface area (Å²) >= 11 is 0. The van der Waals surface area contributed by atoms with Gasteiger partial charge in [-0.2, -0.15) is 0 Å². The van der Waals surface area contributed by atoms with Crippen molar-refractivity contribution in [1.82, 2.24) is 15.1 Å². The summed E-state index contributed by atoms with van der Waals surface area (Å²) in [5.74, 6) is 0.786. The zero-order chi connectivity index (χ0) is 10.7. The Morgan fingerprint density at radius 2 is 1.06 bits per heavy atom. The lowest BCUT2D eigenvalue weighted by atomic mass is 10.4. The summed E-state index contributed by atoms with van der Waals surface area (Å²) in [6.07, 6.45) is 4.67. The largest absolute Gasteiger partial charge is 0.343 e. The van der Waals surface area contributed by atoms with E-state index >= 15 is 0 Å². The van der Waals surface area contributed by atoms with Gasteiger partial charge >= 0.3 is 0 Å². The number of halogens is 1. The van der Waals surface area contributed by atoms with Gasteiger partial charge in [-0.3, -0.25) is 16.1 Å². The average molecular weight is 246 g/mol. The standard InChI is InChI=1S/C10H19N5.ClH/c11-9(14-5-1-2-6-14)13-10(12)15-7-3-4-8-15;/h1-8H2,(H3,11,12,13);1H. The lowest BCUT2D eigenvalue weighted by Crippen LogP contribution is -2.47. The Bertz CT molecular complexity index is 230. The molecule has 92 valence electrons. The summed E-state index contributed by atoms with van der Waals surface area (Å²) in [5.41, 5.74) is 0. The van der Waals surface area contributed by atoms with Crippen LogP contribution in [0.3, 0.4) is 0 Å². The Morgan fingerprint density at radius 3 is 1.38 bits per heavy atom. The maximum atomic E-state index is 7.83. The van der Waals surface area contributed by atoms with Crippen molar-refractivity contribution in [2.75, 3.05) is 26.2 Å². The molecule has 5 nitrogen and oxygen atoms in total. The summed E-state index contributed by atoms with van der Waals surface area (Å²) < 4.78 is 0. The predicted octanol–water partition coefficient (Wildman–Crippen LogP) is 1.06. The summed E-state index contributed by atoms with van der Waals surface area (Å²) in [6, 6.07) is 0. The van der Waals surface area contributed by atoms with E-state index in [0.29, 0.717) is 11.9 Å². The quantitative estimate of drug-likeness (QED) is 0.442. The second-order valence-corrected chi connectivity index (χ2v) is 4.21. The molecule has 2 aliphatic heterocycles. The third-order valence-electron chi connectivity index (χ3n) is 3.08. The van der Waals surface area contributed by atoms with Crippen molar-refractivity contribution < 1.29 is 0 Å². The minimum atomic E-state index is 0. The van der Waals surface area contributed by atoms with E-state index in [2.05, 4.69) is 5.32 Å². The van der Waals surface area contributed by atoms with Gasteiger partial charge in [0.1, 0.15) is 0 Å². The Kier molecular flexibility index (Phi) is 4.86. The molecule has 2 aliphatic rings. The topological polar surface area (TPSA) is 66.2 Å². The molecule has 0 aromatic rings. The van der Waals surface area contributed by atoms with Gasteiger partial charge in [0.2, 0.25) is 0 Å². The molecule has 0 spiro atoms. The van der Waals surface area contributed by atoms with Gasteiger partial charge in [0.25, 0.3) is 0 Å². The van der Waals surface area contributed by atoms with E-state index in [0.717, 1.165) is 26.2 Å². The van der Waals surface area contributed by atoms with E-state index in [1.165, 1.54) is 25.7 Å². The van der Waals surface area contributed by atoms with E-state index in [1.54, 1.807) is 0 Å². The fourth-order valence-corrected chi connectivity index (χ4v) is 2.15. The van der Waals surface area contributed by atoms with Crippen LogP contribution in [0.1, 0.15) is 25.7 Å². The fourth-order valence-electron chi connectivity index (χ4n) is 2.15. The molecule has 2 fully saturated rings. The lowest BCUT2D eigenvalue weighted by molar-refractivity contribution is 0.476. The molecule has 0 aliphatic carbocycles. The van der Waals surface area contributed by atoms with Crippen LogP contribution in [0.15, 0.2) is 0 Å². The molecule has 16 heavy (non-hydrogen) atoms. The number of rotatable bonds is 0. The molecule has 2 rings (SSSR count). The molecule has 6 heteroatoms. The number of likely N-dealkylation sites (tertiary alicyclic amines) is 2. The van der Waals surface area contributed by atoms with Gasteiger partial charge in [-0.1, -0.05) is 0 Å². The molecule has 3 N–H and O–H groups in total. The Labute approximate surface area is 103 Å². The van der Waals surface area contributed by atoms with E-state index in [1.807, 2.05) is 9.80 Å². The number of nitrogens with zero attached hydrogens (tertiary/aromatic N) is 2. The van der Waals surface area contributed by atoms with Gasteiger partial charge in [-0.05, 0) is 25.7 Å². The molecular formula is C10H20ClN5. The summed E-state index contributed by atoms with van der Waals surface area (Å²) in [4.78, 5) is 4.01. The monoisotopic (exact) mass is 245 g/mol. The molecule has 0 unspecified atom stereocenters. The van der Waals surface area contributed by atoms with Crippen molar-refractivity contribution in [3.8, 4) is 0 Å². The number of nitrogens with one attached hydrogen (secondary N) is 3. The van der Waals surface area contributed by atoms with Gasteiger partial charge in [0.15, 0.2) is 11.9 Å². The van der Waals surface area contributed by atoms with Crippen LogP contribution in [-0.4, -0.2) is 47.9 Å². The highest BCUT2D eigenvalue weighted by Gasteiger charge is 2.19. The predicted molar refractivity (Wildman–Crippen MR) is 67.5 cm³/mol. The molecule has 0 radical (unpaired) electrons. The van der Waals surface area contributed by atoms with E-state index in [9.17, 15) is 0 Å². The summed E-state index contributed by atoms with van der Waals surface area (Å²) in [5, 5.41) is 18.5. The smallest absolute Gasteiger partial charge is 0.197 e. The van der Waals surface area contributed by atoms with Crippen LogP contribution in [0.25, 0.3) is 0 Å². The van der Waals surface area contributed by atoms with E-state index in [4.69, 9.17) is 10.8 Å². The van der Waals surface area contributed by atoms with Gasteiger partial charge in [-0.15, -0.1) is 12.4 Å². The van der Waals surface area contributed by atoms with Crippen molar-refractivity contribution in [2.45, 2.75) is 25.7 Å². The van der Waals surface area contributed by atoms with Crippen LogP contribution in [0.5, 0.6) is 0 Å². The minimum Gasteiger partial charge on any atom is -0.343 e. The molecule has 2 saturated heterocycles. The number of hydrogen-bond donors (Lipinski definition) is 3. The molecule has 0 amide bonds. The molecule has 0 saturated carbocycles. The first kappa shape index (κ1) is 13.1. The fraction of sp³-hybridized carbons (Fsp3) is 0.800. The third-order valence-corrected chi connectivity index (χ3v) is 3.08. The second-order valence-electron chi connectivity index (χ2n) is 4.21. The van der Waals surface area contributed by atoms with Crippen molar-refractivity contribution in [3.05, 3.63) is 0 Å². The van der Waals surface area contributed by atoms with Gasteiger partial charge in [0.05, 0.1) is 0 Å². The van der Waals surface area contributed by atoms with Crippen LogP contribution in [-0.2, 0) is 0 Å². The van der Waals surface area contributed by atoms with Crippen molar-refractivity contribution in [3.63, 3.8) is 0 Å². The Hall–Kier alpha value is -0.970. The lowest BCUT2D eigenvalue weighted by Gasteiger charge is -2.24. The molecule has 0 bridgehead atoms. The second kappa shape index (κ2) is 5.94. The van der Waals surface area contributed by atoms with Crippen molar-refractivity contribution in [2.24, 2.45) is 0 Å². The summed E-state index contributed by atoms with van der Waals surface area (Å²) in [7, 11) is 0. The first-order valence-corrected chi connectivity index (χ1v) is 5.71. The Balaban J connectivity index is 0.00000128.